The molecule has 1 rings (SSSR count). The maximum atomic E-state index is 6.28. The van der Waals surface area contributed by atoms with E-state index in [0.29, 0.717) is 30.5 Å². The van der Waals surface area contributed by atoms with Crippen molar-refractivity contribution in [3.8, 4) is 0 Å². The van der Waals surface area contributed by atoms with E-state index in [1.54, 1.807) is 0 Å². The number of hydrogen-bond acceptors (Lipinski definition) is 2. The van der Waals surface area contributed by atoms with Gasteiger partial charge in [-0.3, -0.25) is 0 Å². The maximum absolute atomic E-state index is 6.28. The first kappa shape index (κ1) is 23.9. The Balaban J connectivity index is 2.63. The Labute approximate surface area is 168 Å². The SMILES string of the molecule is C=C/C=C(\C=C/COC(CC(C)C)OC1CCCCC1)C(/C=C\C)C(C)C. The Morgan fingerprint density at radius 1 is 1.11 bits per heavy atom. The standard InChI is InChI=1S/C25H42O2/c1-7-13-22(24(14-8-2)21(5)6)15-12-18-26-25(19-20(3)4)27-23-16-10-9-11-17-23/h7-8,12-15,20-21,23-25H,1,9-11,16-19H2,2-6H3/b14-8-,15-12-,22-13+. The fourth-order valence-electron chi connectivity index (χ4n) is 3.65. The van der Waals surface area contributed by atoms with Crippen LogP contribution in [0.25, 0.3) is 0 Å². The second-order valence-corrected chi connectivity index (χ2v) is 8.39. The molecule has 2 heteroatoms. The first-order valence-electron chi connectivity index (χ1n) is 10.9. The van der Waals surface area contributed by atoms with Crippen molar-refractivity contribution in [3.63, 3.8) is 0 Å². The predicted octanol–water partition coefficient (Wildman–Crippen LogP) is 7.24. The predicted molar refractivity (Wildman–Crippen MR) is 118 cm³/mol. The highest BCUT2D eigenvalue weighted by Crippen LogP contribution is 2.25. The van der Waals surface area contributed by atoms with Crippen LogP contribution < -0.4 is 0 Å². The third-order valence-corrected chi connectivity index (χ3v) is 5.06. The average molecular weight is 375 g/mol. The van der Waals surface area contributed by atoms with E-state index in [-0.39, 0.29) is 6.29 Å². The van der Waals surface area contributed by atoms with Gasteiger partial charge >= 0.3 is 0 Å². The van der Waals surface area contributed by atoms with Gasteiger partial charge in [-0.2, -0.15) is 0 Å². The van der Waals surface area contributed by atoms with Gasteiger partial charge in [-0.05, 0) is 37.2 Å². The molecular weight excluding hydrogens is 332 g/mol. The molecule has 0 spiro atoms. The molecule has 0 aromatic carbocycles. The van der Waals surface area contributed by atoms with E-state index in [1.807, 2.05) is 6.08 Å². The zero-order valence-corrected chi connectivity index (χ0v) is 18.3. The zero-order chi connectivity index (χ0) is 20.1. The summed E-state index contributed by atoms with van der Waals surface area (Å²) in [5.74, 6) is 1.51. The quantitative estimate of drug-likeness (QED) is 0.203. The van der Waals surface area contributed by atoms with Crippen molar-refractivity contribution in [2.75, 3.05) is 6.61 Å². The average Bonchev–Trinajstić information content (AvgIpc) is 2.62. The van der Waals surface area contributed by atoms with Crippen LogP contribution in [-0.2, 0) is 9.47 Å². The van der Waals surface area contributed by atoms with Gasteiger partial charge in [-0.25, -0.2) is 0 Å². The van der Waals surface area contributed by atoms with Crippen LogP contribution in [0.1, 0.15) is 73.1 Å². The minimum Gasteiger partial charge on any atom is -0.349 e. The van der Waals surface area contributed by atoms with Crippen LogP contribution in [-0.4, -0.2) is 19.0 Å². The second-order valence-electron chi connectivity index (χ2n) is 8.39. The fraction of sp³-hybridized carbons (Fsp3) is 0.680. The van der Waals surface area contributed by atoms with E-state index in [4.69, 9.17) is 9.47 Å². The van der Waals surface area contributed by atoms with Gasteiger partial charge in [0.1, 0.15) is 0 Å². The molecule has 0 bridgehead atoms. The molecule has 0 N–H and O–H groups in total. The Kier molecular flexibility index (Phi) is 12.4. The molecule has 0 amide bonds. The summed E-state index contributed by atoms with van der Waals surface area (Å²) >= 11 is 0. The lowest BCUT2D eigenvalue weighted by molar-refractivity contribution is -0.177. The number of ether oxygens (including phenoxy) is 2. The van der Waals surface area contributed by atoms with Crippen LogP contribution in [0.15, 0.2) is 48.6 Å². The summed E-state index contributed by atoms with van der Waals surface area (Å²) in [4.78, 5) is 0. The molecule has 2 atom stereocenters. The zero-order valence-electron chi connectivity index (χ0n) is 18.3. The Morgan fingerprint density at radius 3 is 2.37 bits per heavy atom. The summed E-state index contributed by atoms with van der Waals surface area (Å²) < 4.78 is 12.4. The van der Waals surface area contributed by atoms with Crippen molar-refractivity contribution in [1.82, 2.24) is 0 Å². The lowest BCUT2D eigenvalue weighted by Gasteiger charge is -2.28. The summed E-state index contributed by atoms with van der Waals surface area (Å²) in [5, 5.41) is 0. The first-order chi connectivity index (χ1) is 13.0. The van der Waals surface area contributed by atoms with E-state index < -0.39 is 0 Å². The number of allylic oxidation sites excluding steroid dienone is 6. The molecule has 0 aromatic heterocycles. The molecule has 1 aliphatic carbocycles. The fourth-order valence-corrected chi connectivity index (χ4v) is 3.65. The van der Waals surface area contributed by atoms with Crippen LogP contribution >= 0.6 is 0 Å². The molecule has 0 radical (unpaired) electrons. The first-order valence-corrected chi connectivity index (χ1v) is 10.9. The Hall–Kier alpha value is -1.12. The van der Waals surface area contributed by atoms with Crippen molar-refractivity contribution in [2.24, 2.45) is 17.8 Å². The molecular formula is C25H42O2. The second kappa shape index (κ2) is 14.0. The van der Waals surface area contributed by atoms with Crippen molar-refractivity contribution >= 4 is 0 Å². The van der Waals surface area contributed by atoms with Gasteiger partial charge < -0.3 is 9.47 Å². The maximum Gasteiger partial charge on any atom is 0.158 e. The minimum absolute atomic E-state index is 0.0963. The highest BCUT2D eigenvalue weighted by Gasteiger charge is 2.20. The lowest BCUT2D eigenvalue weighted by atomic mass is 9.87. The van der Waals surface area contributed by atoms with E-state index in [2.05, 4.69) is 71.6 Å². The summed E-state index contributed by atoms with van der Waals surface area (Å²) in [7, 11) is 0. The number of rotatable bonds is 12. The van der Waals surface area contributed by atoms with E-state index in [0.717, 1.165) is 6.42 Å². The highest BCUT2D eigenvalue weighted by molar-refractivity contribution is 5.29. The summed E-state index contributed by atoms with van der Waals surface area (Å²) in [6.45, 7) is 15.5. The van der Waals surface area contributed by atoms with Crippen LogP contribution in [0.4, 0.5) is 0 Å². The molecule has 1 saturated carbocycles. The minimum atomic E-state index is -0.0963. The lowest BCUT2D eigenvalue weighted by Crippen LogP contribution is -2.27. The molecule has 2 unspecified atom stereocenters. The van der Waals surface area contributed by atoms with Gasteiger partial charge in [0.25, 0.3) is 0 Å². The van der Waals surface area contributed by atoms with Gasteiger partial charge in [0, 0.05) is 12.3 Å². The molecule has 0 aliphatic heterocycles. The molecule has 1 aliphatic rings. The van der Waals surface area contributed by atoms with E-state index >= 15 is 0 Å². The topological polar surface area (TPSA) is 18.5 Å². The molecule has 0 heterocycles. The highest BCUT2D eigenvalue weighted by atomic mass is 16.7. The third-order valence-electron chi connectivity index (χ3n) is 5.06. The van der Waals surface area contributed by atoms with E-state index in [1.165, 1.54) is 37.7 Å². The van der Waals surface area contributed by atoms with E-state index in [9.17, 15) is 0 Å². The normalized spacial score (nSPS) is 19.4. The molecule has 154 valence electrons. The summed E-state index contributed by atoms with van der Waals surface area (Å²) in [5.41, 5.74) is 1.27. The van der Waals surface area contributed by atoms with Crippen molar-refractivity contribution in [3.05, 3.63) is 48.6 Å². The third kappa shape index (κ3) is 10.1. The summed E-state index contributed by atoms with van der Waals surface area (Å²) in [6.07, 6.45) is 20.2. The van der Waals surface area contributed by atoms with Crippen LogP contribution in [0, 0.1) is 17.8 Å². The van der Waals surface area contributed by atoms with Crippen LogP contribution in [0.5, 0.6) is 0 Å². The van der Waals surface area contributed by atoms with Gasteiger partial charge in [0.2, 0.25) is 0 Å². The van der Waals surface area contributed by atoms with Crippen molar-refractivity contribution in [2.45, 2.75) is 85.5 Å². The number of hydrogen-bond donors (Lipinski definition) is 0. The Bertz CT molecular complexity index is 479. The van der Waals surface area contributed by atoms with Gasteiger partial charge in [-0.1, -0.05) is 90.0 Å². The molecule has 0 saturated heterocycles. The van der Waals surface area contributed by atoms with Gasteiger partial charge in [0.15, 0.2) is 6.29 Å². The molecule has 2 nitrogen and oxygen atoms in total. The summed E-state index contributed by atoms with van der Waals surface area (Å²) in [6, 6.07) is 0. The van der Waals surface area contributed by atoms with Crippen molar-refractivity contribution < 1.29 is 9.47 Å². The monoisotopic (exact) mass is 374 g/mol. The van der Waals surface area contributed by atoms with Crippen LogP contribution in [0.3, 0.4) is 0 Å². The van der Waals surface area contributed by atoms with Crippen molar-refractivity contribution in [1.29, 1.82) is 0 Å². The molecule has 1 fully saturated rings. The largest absolute Gasteiger partial charge is 0.349 e. The van der Waals surface area contributed by atoms with Gasteiger partial charge in [0.05, 0.1) is 12.7 Å². The smallest absolute Gasteiger partial charge is 0.158 e. The van der Waals surface area contributed by atoms with Gasteiger partial charge in [-0.15, -0.1) is 0 Å². The van der Waals surface area contributed by atoms with Crippen LogP contribution in [0.2, 0.25) is 0 Å². The molecule has 27 heavy (non-hydrogen) atoms. The Morgan fingerprint density at radius 2 is 1.81 bits per heavy atom. The molecule has 0 aromatic rings.